The Hall–Kier alpha value is -2.76. The maximum absolute atomic E-state index is 13.0. The number of ether oxygens (including phenoxy) is 2. The van der Waals surface area contributed by atoms with Gasteiger partial charge in [0.05, 0.1) is 23.6 Å². The van der Waals surface area contributed by atoms with E-state index in [-0.39, 0.29) is 17.8 Å². The van der Waals surface area contributed by atoms with Crippen molar-refractivity contribution in [1.82, 2.24) is 4.90 Å². The first kappa shape index (κ1) is 24.4. The van der Waals surface area contributed by atoms with Gasteiger partial charge in [-0.3, -0.25) is 14.5 Å². The number of hydrogen-bond acceptors (Lipinski definition) is 6. The van der Waals surface area contributed by atoms with Crippen molar-refractivity contribution in [3.05, 3.63) is 62.5 Å². The molecule has 0 N–H and O–H groups in total. The molecule has 2 aromatic carbocycles. The van der Waals surface area contributed by atoms with Crippen LogP contribution in [-0.4, -0.2) is 29.7 Å². The number of carbonyl (C=O) groups is 2. The first-order chi connectivity index (χ1) is 16.5. The summed E-state index contributed by atoms with van der Waals surface area (Å²) in [5.74, 6) is 1.16. The molecule has 8 heteroatoms. The van der Waals surface area contributed by atoms with Crippen molar-refractivity contribution in [2.45, 2.75) is 38.7 Å². The van der Waals surface area contributed by atoms with Crippen LogP contribution in [0.5, 0.6) is 11.5 Å². The zero-order valence-electron chi connectivity index (χ0n) is 18.9. The zero-order valence-corrected chi connectivity index (χ0v) is 21.3. The monoisotopic (exact) mass is 540 g/mol. The van der Waals surface area contributed by atoms with E-state index in [1.54, 1.807) is 31.4 Å². The van der Waals surface area contributed by atoms with Crippen LogP contribution in [0.4, 0.5) is 4.79 Å². The minimum absolute atomic E-state index is 0.207. The normalized spacial score (nSPS) is 17.8. The van der Waals surface area contributed by atoms with Gasteiger partial charge in [-0.05, 0) is 60.4 Å². The predicted octanol–water partition coefficient (Wildman–Crippen LogP) is 6.52. The maximum atomic E-state index is 13.0. The highest BCUT2D eigenvalue weighted by Gasteiger charge is 2.36. The summed E-state index contributed by atoms with van der Waals surface area (Å²) in [6.07, 6.45) is 7.43. The molecule has 0 spiro atoms. The van der Waals surface area contributed by atoms with Gasteiger partial charge in [-0.15, -0.1) is 0 Å². The Morgan fingerprint density at radius 2 is 1.94 bits per heavy atom. The molecule has 34 heavy (non-hydrogen) atoms. The summed E-state index contributed by atoms with van der Waals surface area (Å²) in [5.41, 5.74) is 2.05. The lowest BCUT2D eigenvalue weighted by molar-refractivity contribution is -0.123. The topological polar surface area (TPSA) is 79.6 Å². The van der Waals surface area contributed by atoms with Crippen LogP contribution in [-0.2, 0) is 11.4 Å². The zero-order chi connectivity index (χ0) is 24.1. The number of nitrogens with zero attached hydrogens (tertiary/aromatic N) is 2. The number of halogens is 1. The van der Waals surface area contributed by atoms with Crippen LogP contribution < -0.4 is 9.47 Å². The van der Waals surface area contributed by atoms with Gasteiger partial charge < -0.3 is 9.47 Å². The summed E-state index contributed by atoms with van der Waals surface area (Å²) in [5, 5.41) is 9.07. The summed E-state index contributed by atoms with van der Waals surface area (Å²) in [6, 6.07) is 13.0. The Bertz CT molecular complexity index is 1170. The first-order valence-corrected chi connectivity index (χ1v) is 12.8. The number of thioether (sulfide) groups is 1. The van der Waals surface area contributed by atoms with Gasteiger partial charge in [0.25, 0.3) is 11.1 Å². The van der Waals surface area contributed by atoms with Gasteiger partial charge in [0, 0.05) is 16.6 Å². The Morgan fingerprint density at radius 3 is 2.68 bits per heavy atom. The molecule has 6 nitrogen and oxygen atoms in total. The lowest BCUT2D eigenvalue weighted by Crippen LogP contribution is -2.34. The summed E-state index contributed by atoms with van der Waals surface area (Å²) < 4.78 is 12.2. The third-order valence-electron chi connectivity index (χ3n) is 6.13. The molecule has 1 saturated heterocycles. The van der Waals surface area contributed by atoms with Crippen LogP contribution in [0, 0.1) is 17.2 Å². The Labute approximate surface area is 212 Å². The van der Waals surface area contributed by atoms with Gasteiger partial charge in [-0.2, -0.15) is 5.26 Å². The van der Waals surface area contributed by atoms with Crippen molar-refractivity contribution in [2.24, 2.45) is 5.92 Å². The highest BCUT2D eigenvalue weighted by molar-refractivity contribution is 9.10. The molecule has 1 aliphatic carbocycles. The molecule has 0 bridgehead atoms. The van der Waals surface area contributed by atoms with Crippen molar-refractivity contribution in [3.8, 4) is 17.6 Å². The fraction of sp³-hybridized carbons (Fsp3) is 0.346. The SMILES string of the molecule is COc1cc(/C=C2/SC(=O)N(CC3CCCCC3)C2=O)c(Br)cc1OCc1ccccc1C#N. The van der Waals surface area contributed by atoms with E-state index in [1.165, 1.54) is 24.2 Å². The standard InChI is InChI=1S/C26H25BrN2O4S/c1-32-22-11-20(21(27)13-23(22)33-16-19-10-6-5-9-18(19)14-28)12-24-25(30)29(26(31)34-24)15-17-7-3-2-4-8-17/h5-6,9-13,17H,2-4,7-8,15-16H2,1H3/b24-12+. The first-order valence-electron chi connectivity index (χ1n) is 11.2. The Morgan fingerprint density at radius 1 is 1.18 bits per heavy atom. The molecular weight excluding hydrogens is 516 g/mol. The summed E-state index contributed by atoms with van der Waals surface area (Å²) in [6.45, 7) is 0.718. The average molecular weight is 541 g/mol. The molecule has 1 saturated carbocycles. The van der Waals surface area contributed by atoms with Crippen molar-refractivity contribution < 1.29 is 19.1 Å². The van der Waals surface area contributed by atoms with E-state index in [0.717, 1.165) is 30.2 Å². The largest absolute Gasteiger partial charge is 0.493 e. The number of benzene rings is 2. The van der Waals surface area contributed by atoms with Crippen LogP contribution in [0.1, 0.15) is 48.8 Å². The quantitative estimate of drug-likeness (QED) is 0.371. The molecule has 176 valence electrons. The molecule has 1 aliphatic heterocycles. The van der Waals surface area contributed by atoms with E-state index >= 15 is 0 Å². The molecular formula is C26H25BrN2O4S. The van der Waals surface area contributed by atoms with Gasteiger partial charge >= 0.3 is 0 Å². The van der Waals surface area contributed by atoms with Crippen LogP contribution in [0.15, 0.2) is 45.8 Å². The van der Waals surface area contributed by atoms with Gasteiger partial charge in [-0.25, -0.2) is 0 Å². The third kappa shape index (κ3) is 5.48. The van der Waals surface area contributed by atoms with Gasteiger partial charge in [-0.1, -0.05) is 53.4 Å². The van der Waals surface area contributed by atoms with Gasteiger partial charge in [0.15, 0.2) is 11.5 Å². The average Bonchev–Trinajstić information content (AvgIpc) is 3.12. The van der Waals surface area contributed by atoms with E-state index in [2.05, 4.69) is 22.0 Å². The Balaban J connectivity index is 1.51. The number of imide groups is 1. The number of amides is 2. The fourth-order valence-electron chi connectivity index (χ4n) is 4.27. The van der Waals surface area contributed by atoms with Crippen molar-refractivity contribution in [3.63, 3.8) is 0 Å². The predicted molar refractivity (Wildman–Crippen MR) is 135 cm³/mol. The summed E-state index contributed by atoms with van der Waals surface area (Å²) >= 11 is 4.53. The van der Waals surface area contributed by atoms with Crippen LogP contribution in [0.25, 0.3) is 6.08 Å². The Kier molecular flexibility index (Phi) is 7.96. The molecule has 2 aromatic rings. The molecule has 0 atom stereocenters. The number of hydrogen-bond donors (Lipinski definition) is 0. The van der Waals surface area contributed by atoms with Crippen LogP contribution in [0.2, 0.25) is 0 Å². The lowest BCUT2D eigenvalue weighted by atomic mass is 9.89. The second-order valence-electron chi connectivity index (χ2n) is 8.38. The smallest absolute Gasteiger partial charge is 0.293 e. The van der Waals surface area contributed by atoms with Gasteiger partial charge in [0.1, 0.15) is 6.61 Å². The molecule has 1 heterocycles. The third-order valence-corrected chi connectivity index (χ3v) is 7.72. The molecule has 4 rings (SSSR count). The van der Waals surface area contributed by atoms with E-state index in [4.69, 9.17) is 9.47 Å². The second-order valence-corrected chi connectivity index (χ2v) is 10.2. The minimum atomic E-state index is -0.236. The lowest BCUT2D eigenvalue weighted by Gasteiger charge is -2.25. The minimum Gasteiger partial charge on any atom is -0.493 e. The number of rotatable bonds is 7. The summed E-state index contributed by atoms with van der Waals surface area (Å²) in [4.78, 5) is 27.3. The molecule has 2 aliphatic rings. The highest BCUT2D eigenvalue weighted by Crippen LogP contribution is 2.39. The highest BCUT2D eigenvalue weighted by atomic mass is 79.9. The summed E-state index contributed by atoms with van der Waals surface area (Å²) in [7, 11) is 1.54. The molecule has 2 amide bonds. The van der Waals surface area contributed by atoms with Crippen LogP contribution >= 0.6 is 27.7 Å². The van der Waals surface area contributed by atoms with Crippen LogP contribution in [0.3, 0.4) is 0 Å². The molecule has 0 aromatic heterocycles. The molecule has 0 radical (unpaired) electrons. The van der Waals surface area contributed by atoms with E-state index < -0.39 is 0 Å². The van der Waals surface area contributed by atoms with Crippen molar-refractivity contribution >= 4 is 44.9 Å². The van der Waals surface area contributed by atoms with E-state index in [9.17, 15) is 14.9 Å². The van der Waals surface area contributed by atoms with Crippen molar-refractivity contribution in [1.29, 1.82) is 5.26 Å². The van der Waals surface area contributed by atoms with Gasteiger partial charge in [0.2, 0.25) is 0 Å². The molecule has 2 fully saturated rings. The number of nitriles is 1. The van der Waals surface area contributed by atoms with Crippen molar-refractivity contribution in [2.75, 3.05) is 13.7 Å². The van der Waals surface area contributed by atoms with E-state index in [1.807, 2.05) is 18.2 Å². The maximum Gasteiger partial charge on any atom is 0.293 e. The molecule has 0 unspecified atom stereocenters. The van der Waals surface area contributed by atoms with E-state index in [0.29, 0.717) is 44.5 Å². The second kappa shape index (κ2) is 11.1. The fourth-order valence-corrected chi connectivity index (χ4v) is 5.55. The number of carbonyl (C=O) groups excluding carboxylic acids is 2. The number of methoxy groups -OCH3 is 1.